The van der Waals surface area contributed by atoms with Gasteiger partial charge in [0.2, 0.25) is 0 Å². The summed E-state index contributed by atoms with van der Waals surface area (Å²) in [6, 6.07) is 4.86. The molecule has 96 valence electrons. The van der Waals surface area contributed by atoms with Crippen molar-refractivity contribution in [1.29, 1.82) is 0 Å². The summed E-state index contributed by atoms with van der Waals surface area (Å²) >= 11 is 0. The van der Waals surface area contributed by atoms with Crippen LogP contribution in [0.3, 0.4) is 0 Å². The fourth-order valence-electron chi connectivity index (χ4n) is 2.15. The number of nitrogens with zero attached hydrogens (tertiary/aromatic N) is 1. The summed E-state index contributed by atoms with van der Waals surface area (Å²) in [5, 5.41) is 3.24. The Balaban J connectivity index is 0.00000162. The number of rotatable bonds is 2. The summed E-state index contributed by atoms with van der Waals surface area (Å²) in [6.45, 7) is 0.772. The Kier molecular flexibility index (Phi) is 5.06. The molecule has 0 aliphatic carbocycles. The molecule has 0 saturated carbocycles. The Morgan fingerprint density at radius 2 is 1.94 bits per heavy atom. The normalized spacial score (nSPS) is 18.8. The molecule has 1 aliphatic rings. The number of hydrogen-bond donors (Lipinski definition) is 2. The molecule has 5 nitrogen and oxygen atoms in total. The molecule has 7 heteroatoms. The molecule has 0 aromatic heterocycles. The third kappa shape index (κ3) is 3.34. The van der Waals surface area contributed by atoms with Gasteiger partial charge in [-0.3, -0.25) is 4.55 Å². The van der Waals surface area contributed by atoms with E-state index in [9.17, 15) is 8.42 Å². The van der Waals surface area contributed by atoms with E-state index in [1.807, 2.05) is 0 Å². The minimum atomic E-state index is -4.13. The van der Waals surface area contributed by atoms with Crippen molar-refractivity contribution in [1.82, 2.24) is 0 Å². The minimum absolute atomic E-state index is 0. The van der Waals surface area contributed by atoms with Gasteiger partial charge in [0.25, 0.3) is 10.1 Å². The Morgan fingerprint density at radius 1 is 1.33 bits per heavy atom. The predicted octanol–water partition coefficient (Wildman–Crippen LogP) is 0.458. The SMILES string of the molecule is C[N+](C)(C)C1CNc2ccc(S(=O)(=O)O)cc21.[KH]. The summed E-state index contributed by atoms with van der Waals surface area (Å²) in [5.41, 5.74) is 1.88. The molecule has 1 unspecified atom stereocenters. The molecule has 1 aliphatic heterocycles. The Bertz CT molecular complexity index is 552. The van der Waals surface area contributed by atoms with Gasteiger partial charge < -0.3 is 9.80 Å². The second-order valence-electron chi connectivity index (χ2n) is 5.24. The van der Waals surface area contributed by atoms with Crippen molar-refractivity contribution in [3.05, 3.63) is 23.8 Å². The second-order valence-corrected chi connectivity index (χ2v) is 6.66. The van der Waals surface area contributed by atoms with Crippen LogP contribution in [0.4, 0.5) is 5.69 Å². The van der Waals surface area contributed by atoms with Crippen LogP contribution in [0, 0.1) is 0 Å². The number of likely N-dealkylation sites (N-methyl/N-ethyl adjacent to an activating group) is 1. The first kappa shape index (κ1) is 16.6. The first-order valence-electron chi connectivity index (χ1n) is 5.36. The molecule has 0 bridgehead atoms. The van der Waals surface area contributed by atoms with E-state index >= 15 is 0 Å². The average molecular weight is 297 g/mol. The van der Waals surface area contributed by atoms with Gasteiger partial charge in [0.15, 0.2) is 0 Å². The number of anilines is 1. The first-order chi connectivity index (χ1) is 7.69. The van der Waals surface area contributed by atoms with Crippen LogP contribution in [-0.2, 0) is 10.1 Å². The van der Waals surface area contributed by atoms with Gasteiger partial charge in [-0.25, -0.2) is 0 Å². The number of nitrogens with one attached hydrogen (secondary N) is 1. The molecule has 2 N–H and O–H groups in total. The van der Waals surface area contributed by atoms with Crippen LogP contribution in [-0.4, -0.2) is 96.5 Å². The molecule has 0 amide bonds. The van der Waals surface area contributed by atoms with Crippen molar-refractivity contribution in [2.75, 3.05) is 33.0 Å². The van der Waals surface area contributed by atoms with E-state index in [1.165, 1.54) is 6.07 Å². The molecule has 0 spiro atoms. The third-order valence-electron chi connectivity index (χ3n) is 3.10. The zero-order chi connectivity index (χ0) is 12.8. The molecule has 18 heavy (non-hydrogen) atoms. The van der Waals surface area contributed by atoms with Crippen molar-refractivity contribution in [2.45, 2.75) is 10.9 Å². The quantitative estimate of drug-likeness (QED) is 0.473. The van der Waals surface area contributed by atoms with Crippen LogP contribution >= 0.6 is 0 Å². The van der Waals surface area contributed by atoms with Crippen molar-refractivity contribution in [2.24, 2.45) is 0 Å². The molecule has 0 radical (unpaired) electrons. The average Bonchev–Trinajstić information content (AvgIpc) is 2.57. The Hall–Kier alpha value is 0.526. The Morgan fingerprint density at radius 3 is 2.44 bits per heavy atom. The van der Waals surface area contributed by atoms with Gasteiger partial charge in [-0.1, -0.05) is 0 Å². The first-order valence-corrected chi connectivity index (χ1v) is 6.80. The van der Waals surface area contributed by atoms with E-state index < -0.39 is 10.1 Å². The van der Waals surface area contributed by atoms with Crippen molar-refractivity contribution in [3.63, 3.8) is 0 Å². The van der Waals surface area contributed by atoms with E-state index in [1.54, 1.807) is 12.1 Å². The molecule has 0 fully saturated rings. The maximum absolute atomic E-state index is 11.1. The van der Waals surface area contributed by atoms with Crippen molar-refractivity contribution >= 4 is 67.2 Å². The van der Waals surface area contributed by atoms with E-state index in [0.29, 0.717) is 4.48 Å². The number of benzene rings is 1. The molecular weight excluding hydrogens is 279 g/mol. The van der Waals surface area contributed by atoms with Crippen molar-refractivity contribution < 1.29 is 17.5 Å². The number of hydrogen-bond acceptors (Lipinski definition) is 3. The number of quaternary nitrogens is 1. The third-order valence-corrected chi connectivity index (χ3v) is 3.95. The van der Waals surface area contributed by atoms with Gasteiger partial charge in [-0.15, -0.1) is 0 Å². The topological polar surface area (TPSA) is 66.4 Å². The van der Waals surface area contributed by atoms with Gasteiger partial charge >= 0.3 is 51.4 Å². The van der Waals surface area contributed by atoms with Gasteiger partial charge in [-0.05, 0) is 18.2 Å². The number of fused-ring (bicyclic) bond motifs is 1. The molecule has 1 aromatic carbocycles. The van der Waals surface area contributed by atoms with Crippen LogP contribution in [0.2, 0.25) is 0 Å². The fraction of sp³-hybridized carbons (Fsp3) is 0.455. The molecule has 1 atom stereocenters. The van der Waals surface area contributed by atoms with Gasteiger partial charge in [-0.2, -0.15) is 8.42 Å². The van der Waals surface area contributed by atoms with E-state index in [-0.39, 0.29) is 62.3 Å². The fourth-order valence-corrected chi connectivity index (χ4v) is 2.66. The van der Waals surface area contributed by atoms with Crippen molar-refractivity contribution in [3.8, 4) is 0 Å². The second kappa shape index (κ2) is 5.49. The summed E-state index contributed by atoms with van der Waals surface area (Å²) in [7, 11) is 2.04. The maximum atomic E-state index is 11.1. The molecular formula is C11H18KN2O3S+. The van der Waals surface area contributed by atoms with Gasteiger partial charge in [0, 0.05) is 11.3 Å². The Labute approximate surface area is 150 Å². The van der Waals surface area contributed by atoms with Crippen LogP contribution in [0.5, 0.6) is 0 Å². The van der Waals surface area contributed by atoms with E-state index in [2.05, 4.69) is 26.5 Å². The molecule has 0 saturated heterocycles. The standard InChI is InChI=1S/C11H16N2O3S.K.H/c1-13(2,3)11-7-12-10-5-4-8(6-9(10)11)17(14,15)16;;/h4-6,11-12H,7H2,1-3H3;;/p+1. The summed E-state index contributed by atoms with van der Waals surface area (Å²) in [5.74, 6) is 0. The van der Waals surface area contributed by atoms with Crippen LogP contribution in [0.15, 0.2) is 23.1 Å². The van der Waals surface area contributed by atoms with Crippen LogP contribution in [0.25, 0.3) is 0 Å². The van der Waals surface area contributed by atoms with Gasteiger partial charge in [0.1, 0.15) is 6.04 Å². The zero-order valence-corrected chi connectivity index (χ0v) is 11.0. The summed E-state index contributed by atoms with van der Waals surface area (Å²) < 4.78 is 32.0. The molecule has 1 aromatic rings. The molecule has 1 heterocycles. The van der Waals surface area contributed by atoms with Crippen LogP contribution < -0.4 is 5.32 Å². The van der Waals surface area contributed by atoms with E-state index in [4.69, 9.17) is 4.55 Å². The zero-order valence-electron chi connectivity index (χ0n) is 10.1. The summed E-state index contributed by atoms with van der Waals surface area (Å²) in [6.07, 6.45) is 0. The van der Waals surface area contributed by atoms with Gasteiger partial charge in [0.05, 0.1) is 32.6 Å². The van der Waals surface area contributed by atoms with Crippen LogP contribution in [0.1, 0.15) is 11.6 Å². The monoisotopic (exact) mass is 297 g/mol. The summed E-state index contributed by atoms with van der Waals surface area (Å²) in [4.78, 5) is -0.0431. The molecule has 2 rings (SSSR count). The predicted molar refractivity (Wildman–Crippen MR) is 72.7 cm³/mol. The van der Waals surface area contributed by atoms with E-state index in [0.717, 1.165) is 17.8 Å².